The first kappa shape index (κ1) is 12.4. The van der Waals surface area contributed by atoms with Crippen molar-refractivity contribution < 1.29 is 4.74 Å². The van der Waals surface area contributed by atoms with E-state index in [2.05, 4.69) is 27.3 Å². The standard InChI is InChI=1S/C15H15BrN2O/c16-11-3-5-14(13(17)9-11)18-12-4-6-15-10(8-12)2-1-7-19-15/h3-6,8-9,18H,1-2,7,17H2. The average Bonchev–Trinajstić information content (AvgIpc) is 2.42. The maximum absolute atomic E-state index is 5.99. The van der Waals surface area contributed by atoms with Crippen LogP contribution in [-0.4, -0.2) is 6.61 Å². The predicted octanol–water partition coefficient (Wildman–Crippen LogP) is 4.10. The van der Waals surface area contributed by atoms with Gasteiger partial charge in [-0.3, -0.25) is 0 Å². The number of nitrogens with one attached hydrogen (secondary N) is 1. The third kappa shape index (κ3) is 2.68. The fourth-order valence-electron chi connectivity index (χ4n) is 2.24. The maximum Gasteiger partial charge on any atom is 0.122 e. The molecule has 19 heavy (non-hydrogen) atoms. The second-order valence-corrected chi connectivity index (χ2v) is 5.55. The van der Waals surface area contributed by atoms with Crippen molar-refractivity contribution in [3.8, 4) is 5.75 Å². The van der Waals surface area contributed by atoms with E-state index < -0.39 is 0 Å². The molecular formula is C15H15BrN2O. The Morgan fingerprint density at radius 3 is 2.89 bits per heavy atom. The van der Waals surface area contributed by atoms with Crippen molar-refractivity contribution >= 4 is 33.0 Å². The Bertz CT molecular complexity index is 613. The van der Waals surface area contributed by atoms with E-state index in [4.69, 9.17) is 10.5 Å². The molecule has 2 aromatic carbocycles. The zero-order valence-electron chi connectivity index (χ0n) is 10.4. The number of ether oxygens (including phenoxy) is 1. The smallest absolute Gasteiger partial charge is 0.122 e. The van der Waals surface area contributed by atoms with Crippen LogP contribution in [-0.2, 0) is 6.42 Å². The predicted molar refractivity (Wildman–Crippen MR) is 82.1 cm³/mol. The van der Waals surface area contributed by atoms with E-state index in [1.54, 1.807) is 0 Å². The number of rotatable bonds is 2. The molecule has 1 aliphatic rings. The Morgan fingerprint density at radius 2 is 2.05 bits per heavy atom. The molecule has 0 radical (unpaired) electrons. The number of hydrogen-bond acceptors (Lipinski definition) is 3. The van der Waals surface area contributed by atoms with Crippen LogP contribution in [0.4, 0.5) is 17.1 Å². The molecule has 2 aromatic rings. The summed E-state index contributed by atoms with van der Waals surface area (Å²) in [5.74, 6) is 1.00. The van der Waals surface area contributed by atoms with Crippen molar-refractivity contribution in [1.29, 1.82) is 0 Å². The molecule has 0 atom stereocenters. The number of benzene rings is 2. The van der Waals surface area contributed by atoms with Crippen molar-refractivity contribution in [2.24, 2.45) is 0 Å². The van der Waals surface area contributed by atoms with Crippen LogP contribution in [0.25, 0.3) is 0 Å². The first-order chi connectivity index (χ1) is 9.22. The van der Waals surface area contributed by atoms with Gasteiger partial charge in [-0.05, 0) is 54.8 Å². The van der Waals surface area contributed by atoms with Gasteiger partial charge in [-0.15, -0.1) is 0 Å². The molecular weight excluding hydrogens is 304 g/mol. The summed E-state index contributed by atoms with van der Waals surface area (Å²) in [6.07, 6.45) is 2.15. The highest BCUT2D eigenvalue weighted by Gasteiger charge is 2.10. The maximum atomic E-state index is 5.99. The van der Waals surface area contributed by atoms with E-state index in [-0.39, 0.29) is 0 Å². The molecule has 3 nitrogen and oxygen atoms in total. The molecule has 0 bridgehead atoms. The highest BCUT2D eigenvalue weighted by Crippen LogP contribution is 2.31. The zero-order chi connectivity index (χ0) is 13.2. The van der Waals surface area contributed by atoms with Gasteiger partial charge < -0.3 is 15.8 Å². The van der Waals surface area contributed by atoms with Crippen LogP contribution >= 0.6 is 15.9 Å². The Kier molecular flexibility index (Phi) is 3.34. The van der Waals surface area contributed by atoms with Crippen LogP contribution in [0.3, 0.4) is 0 Å². The third-order valence-corrected chi connectivity index (χ3v) is 3.69. The molecule has 3 rings (SSSR count). The molecule has 0 saturated carbocycles. The van der Waals surface area contributed by atoms with Gasteiger partial charge in [0.05, 0.1) is 18.0 Å². The van der Waals surface area contributed by atoms with Crippen LogP contribution < -0.4 is 15.8 Å². The summed E-state index contributed by atoms with van der Waals surface area (Å²) in [6.45, 7) is 0.819. The van der Waals surface area contributed by atoms with Crippen LogP contribution in [0.1, 0.15) is 12.0 Å². The molecule has 1 aliphatic heterocycles. The largest absolute Gasteiger partial charge is 0.493 e. The molecule has 3 N–H and O–H groups in total. The van der Waals surface area contributed by atoms with Crippen molar-refractivity contribution in [2.75, 3.05) is 17.7 Å². The molecule has 98 valence electrons. The Hall–Kier alpha value is -1.68. The first-order valence-electron chi connectivity index (χ1n) is 6.30. The normalized spacial score (nSPS) is 13.5. The SMILES string of the molecule is Nc1cc(Br)ccc1Nc1ccc2c(c1)CCCO2. The van der Waals surface area contributed by atoms with Gasteiger partial charge in [0.1, 0.15) is 5.75 Å². The molecule has 0 unspecified atom stereocenters. The van der Waals surface area contributed by atoms with Crippen LogP contribution in [0.15, 0.2) is 40.9 Å². The van der Waals surface area contributed by atoms with Crippen LogP contribution in [0, 0.1) is 0 Å². The van der Waals surface area contributed by atoms with Gasteiger partial charge in [-0.1, -0.05) is 15.9 Å². The quantitative estimate of drug-likeness (QED) is 0.819. The van der Waals surface area contributed by atoms with Gasteiger partial charge in [-0.2, -0.15) is 0 Å². The summed E-state index contributed by atoms with van der Waals surface area (Å²) in [4.78, 5) is 0. The van der Waals surface area contributed by atoms with Gasteiger partial charge in [0.15, 0.2) is 0 Å². The first-order valence-corrected chi connectivity index (χ1v) is 7.09. The van der Waals surface area contributed by atoms with Gasteiger partial charge >= 0.3 is 0 Å². The summed E-state index contributed by atoms with van der Waals surface area (Å²) in [6, 6.07) is 12.0. The van der Waals surface area contributed by atoms with E-state index in [1.807, 2.05) is 30.3 Å². The van der Waals surface area contributed by atoms with E-state index in [0.29, 0.717) is 0 Å². The molecule has 0 spiro atoms. The van der Waals surface area contributed by atoms with E-state index in [9.17, 15) is 0 Å². The minimum absolute atomic E-state index is 0.725. The lowest BCUT2D eigenvalue weighted by molar-refractivity contribution is 0.288. The van der Waals surface area contributed by atoms with Crippen molar-refractivity contribution in [3.05, 3.63) is 46.4 Å². The molecule has 0 aromatic heterocycles. The second kappa shape index (κ2) is 5.13. The highest BCUT2D eigenvalue weighted by atomic mass is 79.9. The van der Waals surface area contributed by atoms with E-state index in [0.717, 1.165) is 46.7 Å². The summed E-state index contributed by atoms with van der Waals surface area (Å²) in [5.41, 5.74) is 9.93. The Labute approximate surface area is 120 Å². The fourth-order valence-corrected chi connectivity index (χ4v) is 2.62. The number of nitrogen functional groups attached to an aromatic ring is 1. The number of hydrogen-bond donors (Lipinski definition) is 2. The minimum atomic E-state index is 0.725. The van der Waals surface area contributed by atoms with E-state index in [1.165, 1.54) is 5.56 Å². The van der Waals surface area contributed by atoms with Gasteiger partial charge in [0, 0.05) is 10.2 Å². The number of aryl methyl sites for hydroxylation is 1. The molecule has 0 saturated heterocycles. The molecule has 0 fully saturated rings. The van der Waals surface area contributed by atoms with Gasteiger partial charge in [-0.25, -0.2) is 0 Å². The van der Waals surface area contributed by atoms with Crippen molar-refractivity contribution in [3.63, 3.8) is 0 Å². The summed E-state index contributed by atoms with van der Waals surface area (Å²) in [5, 5.41) is 3.35. The minimum Gasteiger partial charge on any atom is -0.493 e. The summed E-state index contributed by atoms with van der Waals surface area (Å²) < 4.78 is 6.59. The second-order valence-electron chi connectivity index (χ2n) is 4.63. The van der Waals surface area contributed by atoms with Crippen molar-refractivity contribution in [1.82, 2.24) is 0 Å². The molecule has 0 aliphatic carbocycles. The number of anilines is 3. The zero-order valence-corrected chi connectivity index (χ0v) is 12.0. The summed E-state index contributed by atoms with van der Waals surface area (Å²) >= 11 is 3.41. The number of fused-ring (bicyclic) bond motifs is 1. The lowest BCUT2D eigenvalue weighted by Crippen LogP contribution is -2.08. The molecule has 0 amide bonds. The lowest BCUT2D eigenvalue weighted by atomic mass is 10.1. The summed E-state index contributed by atoms with van der Waals surface area (Å²) in [7, 11) is 0. The third-order valence-electron chi connectivity index (χ3n) is 3.20. The Balaban J connectivity index is 1.87. The highest BCUT2D eigenvalue weighted by molar-refractivity contribution is 9.10. The van der Waals surface area contributed by atoms with Crippen LogP contribution in [0.5, 0.6) is 5.75 Å². The van der Waals surface area contributed by atoms with E-state index >= 15 is 0 Å². The van der Waals surface area contributed by atoms with Gasteiger partial charge in [0.2, 0.25) is 0 Å². The monoisotopic (exact) mass is 318 g/mol. The number of halogens is 1. The fraction of sp³-hybridized carbons (Fsp3) is 0.200. The lowest BCUT2D eigenvalue weighted by Gasteiger charge is -2.18. The molecule has 4 heteroatoms. The molecule has 1 heterocycles. The van der Waals surface area contributed by atoms with Crippen LogP contribution in [0.2, 0.25) is 0 Å². The average molecular weight is 319 g/mol. The van der Waals surface area contributed by atoms with Gasteiger partial charge in [0.25, 0.3) is 0 Å². The number of nitrogens with two attached hydrogens (primary N) is 1. The Morgan fingerprint density at radius 1 is 1.16 bits per heavy atom. The topological polar surface area (TPSA) is 47.3 Å². The van der Waals surface area contributed by atoms with Crippen molar-refractivity contribution in [2.45, 2.75) is 12.8 Å².